The third-order valence-electron chi connectivity index (χ3n) is 2.52. The van der Waals surface area contributed by atoms with Gasteiger partial charge in [0, 0.05) is 0 Å². The molecule has 0 amide bonds. The molecule has 0 radical (unpaired) electrons. The van der Waals surface area contributed by atoms with Gasteiger partial charge in [-0.2, -0.15) is 0 Å². The molecule has 0 aliphatic carbocycles. The van der Waals surface area contributed by atoms with Crippen molar-refractivity contribution < 1.29 is 17.0 Å². The van der Waals surface area contributed by atoms with Gasteiger partial charge in [-0.3, -0.25) is 0 Å². The average Bonchev–Trinajstić information content (AvgIpc) is 2.56. The molecule has 0 bridgehead atoms. The molecule has 3 rings (SSSR count). The third-order valence-corrected chi connectivity index (χ3v) is 2.52. The molecule has 0 fully saturated rings. The summed E-state index contributed by atoms with van der Waals surface area (Å²) in [6.45, 7) is 0. The van der Waals surface area contributed by atoms with Crippen molar-refractivity contribution in [3.05, 3.63) is 54.6 Å². The zero-order chi connectivity index (χ0) is 8.67. The van der Waals surface area contributed by atoms with Crippen LogP contribution in [-0.2, 0) is 0 Å². The second-order valence-corrected chi connectivity index (χ2v) is 3.32. The molecule has 0 heterocycles. The summed E-state index contributed by atoms with van der Waals surface area (Å²) in [5, 5.41) is 5.39. The molecule has 0 atom stereocenters. The van der Waals surface area contributed by atoms with Crippen LogP contribution in [0.5, 0.6) is 0 Å². The normalized spacial score (nSPS) is 9.60. The molecule has 0 spiro atoms. The largest absolute Gasteiger partial charge is 2.00 e. The van der Waals surface area contributed by atoms with Crippen LogP contribution >= 0.6 is 0 Å². The minimum atomic E-state index is 0. The van der Waals surface area contributed by atoms with Crippen molar-refractivity contribution in [2.45, 2.75) is 0 Å². The SMILES string of the molecule is [Br-].[Mg+2].c1ccc2c(c1)[cH-]c1ccccc12. The Morgan fingerprint density at radius 1 is 0.667 bits per heavy atom. The third kappa shape index (κ3) is 2.07. The molecule has 0 saturated carbocycles. The van der Waals surface area contributed by atoms with E-state index in [1.54, 1.807) is 0 Å². The van der Waals surface area contributed by atoms with Crippen molar-refractivity contribution in [3.8, 4) is 0 Å². The topological polar surface area (TPSA) is 0 Å². The van der Waals surface area contributed by atoms with Gasteiger partial charge < -0.3 is 17.0 Å². The van der Waals surface area contributed by atoms with Gasteiger partial charge in [-0.15, -0.1) is 39.7 Å². The van der Waals surface area contributed by atoms with Gasteiger partial charge in [0.15, 0.2) is 0 Å². The van der Waals surface area contributed by atoms with Gasteiger partial charge >= 0.3 is 23.1 Å². The zero-order valence-electron chi connectivity index (χ0n) is 8.28. The Bertz CT molecular complexity index is 518. The van der Waals surface area contributed by atoms with Gasteiger partial charge in [0.05, 0.1) is 0 Å². The first kappa shape index (κ1) is 12.6. The Morgan fingerprint density at radius 3 is 1.53 bits per heavy atom. The molecule has 2 heteroatoms. The van der Waals surface area contributed by atoms with Gasteiger partial charge in [-0.05, 0) is 0 Å². The van der Waals surface area contributed by atoms with E-state index in [1.807, 2.05) is 0 Å². The van der Waals surface area contributed by atoms with Crippen LogP contribution in [0.2, 0.25) is 0 Å². The van der Waals surface area contributed by atoms with Crippen molar-refractivity contribution in [2.75, 3.05) is 0 Å². The van der Waals surface area contributed by atoms with E-state index in [2.05, 4.69) is 54.6 Å². The Labute approximate surface area is 116 Å². The van der Waals surface area contributed by atoms with Crippen LogP contribution in [0.3, 0.4) is 0 Å². The van der Waals surface area contributed by atoms with Crippen LogP contribution in [0.1, 0.15) is 0 Å². The van der Waals surface area contributed by atoms with Crippen LogP contribution in [0.15, 0.2) is 54.6 Å². The first-order valence-electron chi connectivity index (χ1n) is 4.48. The quantitative estimate of drug-likeness (QED) is 0.408. The van der Waals surface area contributed by atoms with E-state index in [4.69, 9.17) is 0 Å². The van der Waals surface area contributed by atoms with Crippen LogP contribution in [0.25, 0.3) is 21.5 Å². The number of hydrogen-bond donors (Lipinski definition) is 0. The summed E-state index contributed by atoms with van der Waals surface area (Å²) < 4.78 is 0. The van der Waals surface area contributed by atoms with E-state index >= 15 is 0 Å². The average molecular weight is 269 g/mol. The molecular formula is C13H9BrMg. The molecule has 0 N–H and O–H groups in total. The number of hydrogen-bond acceptors (Lipinski definition) is 0. The minimum absolute atomic E-state index is 0. The van der Waals surface area contributed by atoms with E-state index in [0.29, 0.717) is 0 Å². The number of rotatable bonds is 0. The molecule has 0 nitrogen and oxygen atoms in total. The monoisotopic (exact) mass is 268 g/mol. The second-order valence-electron chi connectivity index (χ2n) is 3.32. The van der Waals surface area contributed by atoms with Crippen molar-refractivity contribution in [3.63, 3.8) is 0 Å². The van der Waals surface area contributed by atoms with Crippen molar-refractivity contribution in [1.29, 1.82) is 0 Å². The minimum Gasteiger partial charge on any atom is -1.00 e. The standard InChI is InChI=1S/C13H9.BrH.Mg/c1-3-7-12-10(5-1)9-11-6-2-4-8-13(11)12;;/h1-9H;1H;/q-1;;+2/p-1. The molecule has 15 heavy (non-hydrogen) atoms. The second kappa shape index (κ2) is 5.06. The summed E-state index contributed by atoms with van der Waals surface area (Å²) >= 11 is 0. The van der Waals surface area contributed by atoms with Crippen LogP contribution in [0, 0.1) is 0 Å². The van der Waals surface area contributed by atoms with Crippen molar-refractivity contribution >= 4 is 44.6 Å². The Hall–Kier alpha value is -0.444. The number of halogens is 1. The van der Waals surface area contributed by atoms with Gasteiger partial charge in [0.2, 0.25) is 0 Å². The smallest absolute Gasteiger partial charge is 1.00 e. The maximum atomic E-state index is 2.24. The Balaban J connectivity index is 0.000000562. The fourth-order valence-electron chi connectivity index (χ4n) is 1.90. The van der Waals surface area contributed by atoms with E-state index in [0.717, 1.165) is 0 Å². The maximum absolute atomic E-state index is 2.24. The van der Waals surface area contributed by atoms with Gasteiger partial charge in [0.1, 0.15) is 0 Å². The fraction of sp³-hybridized carbons (Fsp3) is 0. The summed E-state index contributed by atoms with van der Waals surface area (Å²) in [5.41, 5.74) is 0. The van der Waals surface area contributed by atoms with Crippen LogP contribution in [0.4, 0.5) is 0 Å². The maximum Gasteiger partial charge on any atom is 2.00 e. The number of benzene rings is 2. The summed E-state index contributed by atoms with van der Waals surface area (Å²) in [6.07, 6.45) is 0. The predicted octanol–water partition coefficient (Wildman–Crippen LogP) is 0.335. The first-order chi connectivity index (χ1) is 6.45. The molecule has 3 aromatic carbocycles. The van der Waals surface area contributed by atoms with Gasteiger partial charge in [-0.1, -0.05) is 36.4 Å². The van der Waals surface area contributed by atoms with Crippen molar-refractivity contribution in [2.24, 2.45) is 0 Å². The van der Waals surface area contributed by atoms with E-state index in [1.165, 1.54) is 21.5 Å². The van der Waals surface area contributed by atoms with Gasteiger partial charge in [0.25, 0.3) is 0 Å². The first-order valence-corrected chi connectivity index (χ1v) is 4.48. The predicted molar refractivity (Wildman–Crippen MR) is 62.8 cm³/mol. The molecule has 0 aliphatic rings. The molecule has 0 aliphatic heterocycles. The zero-order valence-corrected chi connectivity index (χ0v) is 11.3. The molecule has 0 unspecified atom stereocenters. The van der Waals surface area contributed by atoms with E-state index in [-0.39, 0.29) is 40.0 Å². The molecule has 3 aromatic rings. The summed E-state index contributed by atoms with van der Waals surface area (Å²) in [5.74, 6) is 0. The summed E-state index contributed by atoms with van der Waals surface area (Å²) in [4.78, 5) is 0. The Kier molecular flexibility index (Phi) is 4.26. The molecular weight excluding hydrogens is 260 g/mol. The molecule has 70 valence electrons. The van der Waals surface area contributed by atoms with Gasteiger partial charge in [-0.25, -0.2) is 0 Å². The number of fused-ring (bicyclic) bond motifs is 3. The fourth-order valence-corrected chi connectivity index (χ4v) is 1.90. The van der Waals surface area contributed by atoms with Crippen LogP contribution in [-0.4, -0.2) is 23.1 Å². The molecule has 0 saturated heterocycles. The molecule has 0 aromatic heterocycles. The summed E-state index contributed by atoms with van der Waals surface area (Å²) in [7, 11) is 0. The summed E-state index contributed by atoms with van der Waals surface area (Å²) in [6, 6.07) is 19.3. The Morgan fingerprint density at radius 2 is 1.07 bits per heavy atom. The van der Waals surface area contributed by atoms with E-state index in [9.17, 15) is 0 Å². The van der Waals surface area contributed by atoms with Crippen molar-refractivity contribution in [1.82, 2.24) is 0 Å². The van der Waals surface area contributed by atoms with Crippen LogP contribution < -0.4 is 17.0 Å². The van der Waals surface area contributed by atoms with E-state index < -0.39 is 0 Å².